The number of hydrogen-bond donors (Lipinski definition) is 1. The summed E-state index contributed by atoms with van der Waals surface area (Å²) in [7, 11) is 0. The molecule has 21 heavy (non-hydrogen) atoms. The van der Waals surface area contributed by atoms with Gasteiger partial charge < -0.3 is 10.0 Å². The highest BCUT2D eigenvalue weighted by atomic mass is 32.1. The van der Waals surface area contributed by atoms with E-state index in [1.54, 1.807) is 11.3 Å². The highest BCUT2D eigenvalue weighted by Gasteiger charge is 2.29. The molecule has 1 aliphatic heterocycles. The van der Waals surface area contributed by atoms with Crippen LogP contribution in [0.4, 0.5) is 0 Å². The Morgan fingerprint density at radius 2 is 2.19 bits per heavy atom. The zero-order valence-electron chi connectivity index (χ0n) is 11.9. The summed E-state index contributed by atoms with van der Waals surface area (Å²) in [6.07, 6.45) is 1.28. The maximum atomic E-state index is 12.3. The molecular formula is C15H18N2O2S2. The molecule has 0 aromatic carbocycles. The highest BCUT2D eigenvalue weighted by Crippen LogP contribution is 2.33. The molecule has 1 aliphatic rings. The van der Waals surface area contributed by atoms with Crippen LogP contribution in [0.2, 0.25) is 0 Å². The molecule has 3 rings (SSSR count). The van der Waals surface area contributed by atoms with E-state index in [4.69, 9.17) is 0 Å². The number of hydrogen-bond acceptors (Lipinski definition) is 5. The van der Waals surface area contributed by atoms with Gasteiger partial charge in [-0.15, -0.1) is 22.7 Å². The standard InChI is InChI=1S/C15H18N2O2S2/c1-10-16-12(9-21-10)15(19)17-6-4-11(5-7-17)14(18)13-3-2-8-20-13/h2-3,8-9,11,14,18H,4-7H2,1H3. The van der Waals surface area contributed by atoms with Gasteiger partial charge >= 0.3 is 0 Å². The molecule has 2 aromatic heterocycles. The van der Waals surface area contributed by atoms with Gasteiger partial charge in [-0.2, -0.15) is 0 Å². The number of carbonyl (C=O) groups is 1. The molecule has 1 N–H and O–H groups in total. The van der Waals surface area contributed by atoms with E-state index in [1.807, 2.05) is 34.7 Å². The van der Waals surface area contributed by atoms with Crippen molar-refractivity contribution < 1.29 is 9.90 Å². The van der Waals surface area contributed by atoms with E-state index in [0.29, 0.717) is 18.8 Å². The maximum absolute atomic E-state index is 12.3. The minimum absolute atomic E-state index is 0.0170. The van der Waals surface area contributed by atoms with E-state index in [-0.39, 0.29) is 11.8 Å². The monoisotopic (exact) mass is 322 g/mol. The first-order chi connectivity index (χ1) is 10.1. The summed E-state index contributed by atoms with van der Waals surface area (Å²) in [5.74, 6) is 0.258. The number of aromatic nitrogens is 1. The molecule has 112 valence electrons. The van der Waals surface area contributed by atoms with Crippen molar-refractivity contribution in [2.24, 2.45) is 5.92 Å². The third-order valence-electron chi connectivity index (χ3n) is 3.95. The molecule has 1 amide bonds. The molecule has 1 unspecified atom stereocenters. The molecule has 1 fully saturated rings. The van der Waals surface area contributed by atoms with Crippen LogP contribution in [-0.2, 0) is 0 Å². The van der Waals surface area contributed by atoms with E-state index < -0.39 is 6.10 Å². The number of piperidine rings is 1. The Morgan fingerprint density at radius 1 is 1.43 bits per heavy atom. The summed E-state index contributed by atoms with van der Waals surface area (Å²) in [4.78, 5) is 19.5. The van der Waals surface area contributed by atoms with E-state index in [2.05, 4.69) is 4.98 Å². The lowest BCUT2D eigenvalue weighted by Gasteiger charge is -2.33. The van der Waals surface area contributed by atoms with E-state index in [9.17, 15) is 9.90 Å². The largest absolute Gasteiger partial charge is 0.387 e. The average molecular weight is 322 g/mol. The van der Waals surface area contributed by atoms with Gasteiger partial charge in [-0.1, -0.05) is 6.07 Å². The predicted octanol–water partition coefficient (Wildman–Crippen LogP) is 3.10. The first-order valence-electron chi connectivity index (χ1n) is 7.08. The van der Waals surface area contributed by atoms with Gasteiger partial charge in [0, 0.05) is 23.3 Å². The van der Waals surface area contributed by atoms with Crippen molar-refractivity contribution in [3.8, 4) is 0 Å². The van der Waals surface area contributed by atoms with E-state index >= 15 is 0 Å². The van der Waals surface area contributed by atoms with Gasteiger partial charge in [-0.3, -0.25) is 4.79 Å². The van der Waals surface area contributed by atoms with Crippen molar-refractivity contribution in [1.82, 2.24) is 9.88 Å². The van der Waals surface area contributed by atoms with Crippen LogP contribution in [0.15, 0.2) is 22.9 Å². The number of likely N-dealkylation sites (tertiary alicyclic amines) is 1. The van der Waals surface area contributed by atoms with Gasteiger partial charge in [-0.05, 0) is 37.1 Å². The second-order valence-electron chi connectivity index (χ2n) is 5.34. The molecule has 2 aromatic rings. The number of aliphatic hydroxyl groups excluding tert-OH is 1. The fourth-order valence-corrected chi connectivity index (χ4v) is 4.12. The lowest BCUT2D eigenvalue weighted by molar-refractivity contribution is 0.0470. The smallest absolute Gasteiger partial charge is 0.273 e. The Bertz CT molecular complexity index is 601. The summed E-state index contributed by atoms with van der Waals surface area (Å²) in [6, 6.07) is 3.94. The van der Waals surface area contributed by atoms with Crippen molar-refractivity contribution in [3.05, 3.63) is 38.5 Å². The van der Waals surface area contributed by atoms with E-state index in [0.717, 1.165) is 22.7 Å². The lowest BCUT2D eigenvalue weighted by Crippen LogP contribution is -2.39. The molecule has 0 bridgehead atoms. The number of carbonyl (C=O) groups excluding carboxylic acids is 1. The quantitative estimate of drug-likeness (QED) is 0.945. The number of nitrogens with zero attached hydrogens (tertiary/aromatic N) is 2. The summed E-state index contributed by atoms with van der Waals surface area (Å²) < 4.78 is 0. The van der Waals surface area contributed by atoms with Crippen LogP contribution in [0.3, 0.4) is 0 Å². The van der Waals surface area contributed by atoms with Gasteiger partial charge in [-0.25, -0.2) is 4.98 Å². The minimum atomic E-state index is -0.399. The number of rotatable bonds is 3. The Balaban J connectivity index is 1.59. The lowest BCUT2D eigenvalue weighted by atomic mass is 9.90. The van der Waals surface area contributed by atoms with Crippen molar-refractivity contribution in [1.29, 1.82) is 0 Å². The number of aryl methyl sites for hydroxylation is 1. The number of amides is 1. The molecule has 3 heterocycles. The zero-order valence-corrected chi connectivity index (χ0v) is 13.5. The summed E-state index contributed by atoms with van der Waals surface area (Å²) in [6.45, 7) is 3.30. The van der Waals surface area contributed by atoms with E-state index in [1.165, 1.54) is 11.3 Å². The molecule has 0 saturated carbocycles. The topological polar surface area (TPSA) is 53.4 Å². The van der Waals surface area contributed by atoms with Gasteiger partial charge in [0.2, 0.25) is 0 Å². The average Bonchev–Trinajstić information content (AvgIpc) is 3.17. The third kappa shape index (κ3) is 3.17. The summed E-state index contributed by atoms with van der Waals surface area (Å²) >= 11 is 3.10. The molecule has 1 atom stereocenters. The second kappa shape index (κ2) is 6.25. The van der Waals surface area contributed by atoms with Crippen LogP contribution in [0, 0.1) is 12.8 Å². The van der Waals surface area contributed by atoms with Crippen LogP contribution in [0.1, 0.15) is 39.3 Å². The molecule has 0 aliphatic carbocycles. The number of thiazole rings is 1. The predicted molar refractivity (Wildman–Crippen MR) is 84.8 cm³/mol. The zero-order chi connectivity index (χ0) is 14.8. The van der Waals surface area contributed by atoms with Crippen LogP contribution in [0.5, 0.6) is 0 Å². The van der Waals surface area contributed by atoms with Gasteiger partial charge in [0.1, 0.15) is 5.69 Å². The SMILES string of the molecule is Cc1nc(C(=O)N2CCC(C(O)c3cccs3)CC2)cs1. The first kappa shape index (κ1) is 14.7. The Kier molecular flexibility index (Phi) is 4.37. The van der Waals surface area contributed by atoms with Gasteiger partial charge in [0.05, 0.1) is 11.1 Å². The molecule has 6 heteroatoms. The maximum Gasteiger partial charge on any atom is 0.273 e. The normalized spacial score (nSPS) is 17.9. The summed E-state index contributed by atoms with van der Waals surface area (Å²) in [5.41, 5.74) is 0.551. The third-order valence-corrected chi connectivity index (χ3v) is 5.66. The molecular weight excluding hydrogens is 304 g/mol. The minimum Gasteiger partial charge on any atom is -0.387 e. The van der Waals surface area contributed by atoms with Gasteiger partial charge in [0.25, 0.3) is 5.91 Å². The van der Waals surface area contributed by atoms with Crippen LogP contribution in [-0.4, -0.2) is 34.0 Å². The number of aliphatic hydroxyl groups is 1. The molecule has 1 saturated heterocycles. The van der Waals surface area contributed by atoms with Crippen molar-refractivity contribution in [2.45, 2.75) is 25.9 Å². The van der Waals surface area contributed by atoms with Gasteiger partial charge in [0.15, 0.2) is 0 Å². The van der Waals surface area contributed by atoms with Crippen LogP contribution < -0.4 is 0 Å². The second-order valence-corrected chi connectivity index (χ2v) is 7.38. The Morgan fingerprint density at radius 3 is 2.76 bits per heavy atom. The molecule has 0 spiro atoms. The van der Waals surface area contributed by atoms with Crippen molar-refractivity contribution in [2.75, 3.05) is 13.1 Å². The molecule has 4 nitrogen and oxygen atoms in total. The van der Waals surface area contributed by atoms with Crippen LogP contribution in [0.25, 0.3) is 0 Å². The van der Waals surface area contributed by atoms with Crippen LogP contribution >= 0.6 is 22.7 Å². The first-order valence-corrected chi connectivity index (χ1v) is 8.84. The number of thiophene rings is 1. The fraction of sp³-hybridized carbons (Fsp3) is 0.467. The van der Waals surface area contributed by atoms with Crippen molar-refractivity contribution in [3.63, 3.8) is 0 Å². The highest BCUT2D eigenvalue weighted by molar-refractivity contribution is 7.10. The Labute approximate surface area is 132 Å². The summed E-state index contributed by atoms with van der Waals surface area (Å²) in [5, 5.41) is 15.1. The Hall–Kier alpha value is -1.24. The fourth-order valence-electron chi connectivity index (χ4n) is 2.73. The van der Waals surface area contributed by atoms with Crippen molar-refractivity contribution >= 4 is 28.6 Å². The molecule has 0 radical (unpaired) electrons.